The van der Waals surface area contributed by atoms with Crippen molar-refractivity contribution in [3.8, 4) is 0 Å². The van der Waals surface area contributed by atoms with Gasteiger partial charge in [0.1, 0.15) is 0 Å². The van der Waals surface area contributed by atoms with Crippen LogP contribution < -0.4 is 5.32 Å². The molecule has 114 valence electrons. The fourth-order valence-corrected chi connectivity index (χ4v) is 2.26. The van der Waals surface area contributed by atoms with Gasteiger partial charge in [0, 0.05) is 12.3 Å². The smallest absolute Gasteiger partial charge is 0.336 e. The number of esters is 1. The Balaban J connectivity index is 1.91. The highest BCUT2D eigenvalue weighted by atomic mass is 16.6. The first-order chi connectivity index (χ1) is 9.97. The van der Waals surface area contributed by atoms with Crippen molar-refractivity contribution in [2.75, 3.05) is 11.9 Å². The van der Waals surface area contributed by atoms with E-state index in [4.69, 9.17) is 9.47 Å². The highest BCUT2D eigenvalue weighted by Gasteiger charge is 2.28. The van der Waals surface area contributed by atoms with E-state index in [1.165, 1.54) is 0 Å². The van der Waals surface area contributed by atoms with Crippen molar-refractivity contribution in [3.63, 3.8) is 0 Å². The number of amides is 1. The summed E-state index contributed by atoms with van der Waals surface area (Å²) in [7, 11) is 0. The Bertz CT molecular complexity index is 535. The third-order valence-corrected chi connectivity index (χ3v) is 3.49. The molecule has 0 unspecified atom stereocenters. The molecule has 1 aromatic carbocycles. The van der Waals surface area contributed by atoms with E-state index >= 15 is 0 Å². The molecule has 1 aliphatic rings. The average molecular weight is 291 g/mol. The number of benzene rings is 1. The predicted octanol–water partition coefficient (Wildman–Crippen LogP) is 2.35. The van der Waals surface area contributed by atoms with E-state index in [-0.39, 0.29) is 5.91 Å². The number of carbonyl (C=O) groups is 2. The molecule has 0 bridgehead atoms. The Morgan fingerprint density at radius 2 is 2.14 bits per heavy atom. The lowest BCUT2D eigenvalue weighted by atomic mass is 10.1. The van der Waals surface area contributed by atoms with Crippen LogP contribution in [0.2, 0.25) is 0 Å². The molecule has 0 aromatic heterocycles. The van der Waals surface area contributed by atoms with Crippen molar-refractivity contribution in [3.05, 3.63) is 29.3 Å². The molecule has 1 aromatic rings. The fourth-order valence-electron chi connectivity index (χ4n) is 2.26. The summed E-state index contributed by atoms with van der Waals surface area (Å²) < 4.78 is 10.4. The molecule has 1 aliphatic heterocycles. The largest absolute Gasteiger partial charge is 0.451 e. The summed E-state index contributed by atoms with van der Waals surface area (Å²) >= 11 is 0. The van der Waals surface area contributed by atoms with E-state index in [1.807, 2.05) is 32.0 Å². The molecule has 1 fully saturated rings. The minimum Gasteiger partial charge on any atom is -0.451 e. The first-order valence-corrected chi connectivity index (χ1v) is 7.17. The van der Waals surface area contributed by atoms with Gasteiger partial charge >= 0.3 is 5.97 Å². The topological polar surface area (TPSA) is 64.6 Å². The molecule has 0 aliphatic carbocycles. The fraction of sp³-hybridized carbons (Fsp3) is 0.500. The second-order valence-electron chi connectivity index (χ2n) is 5.39. The zero-order valence-corrected chi connectivity index (χ0v) is 12.6. The number of nitrogens with one attached hydrogen (secondary N) is 1. The van der Waals surface area contributed by atoms with Crippen LogP contribution in [-0.4, -0.2) is 30.7 Å². The van der Waals surface area contributed by atoms with Gasteiger partial charge < -0.3 is 14.8 Å². The molecule has 1 amide bonds. The molecule has 2 rings (SSSR count). The van der Waals surface area contributed by atoms with Gasteiger partial charge in [-0.05, 0) is 45.2 Å². The van der Waals surface area contributed by atoms with Crippen LogP contribution in [0.4, 0.5) is 5.69 Å². The van der Waals surface area contributed by atoms with Crippen molar-refractivity contribution in [2.45, 2.75) is 45.8 Å². The van der Waals surface area contributed by atoms with Gasteiger partial charge in [-0.3, -0.25) is 4.79 Å². The minimum absolute atomic E-state index is 0.340. The minimum atomic E-state index is -0.845. The SMILES string of the molecule is Cc1ccc(NC(=O)[C@@H](C)OC(=O)[C@H]2CCCO2)c(C)c1. The zero-order valence-electron chi connectivity index (χ0n) is 12.6. The summed E-state index contributed by atoms with van der Waals surface area (Å²) in [6.07, 6.45) is 0.136. The maximum Gasteiger partial charge on any atom is 0.336 e. The van der Waals surface area contributed by atoms with Crippen molar-refractivity contribution in [2.24, 2.45) is 0 Å². The van der Waals surface area contributed by atoms with Crippen LogP contribution in [-0.2, 0) is 19.1 Å². The van der Waals surface area contributed by atoms with Crippen LogP contribution in [0, 0.1) is 13.8 Å². The number of hydrogen-bond donors (Lipinski definition) is 1. The Kier molecular flexibility index (Phi) is 4.96. The van der Waals surface area contributed by atoms with Crippen LogP contribution >= 0.6 is 0 Å². The highest BCUT2D eigenvalue weighted by molar-refractivity contribution is 5.95. The Morgan fingerprint density at radius 1 is 1.38 bits per heavy atom. The number of carbonyl (C=O) groups excluding carboxylic acids is 2. The molecule has 0 saturated carbocycles. The molecule has 1 saturated heterocycles. The lowest BCUT2D eigenvalue weighted by Gasteiger charge is -2.16. The Morgan fingerprint density at radius 3 is 2.76 bits per heavy atom. The first kappa shape index (κ1) is 15.5. The second kappa shape index (κ2) is 6.72. The van der Waals surface area contributed by atoms with Gasteiger partial charge in [0.2, 0.25) is 0 Å². The van der Waals surface area contributed by atoms with Gasteiger partial charge in [-0.15, -0.1) is 0 Å². The highest BCUT2D eigenvalue weighted by Crippen LogP contribution is 2.17. The summed E-state index contributed by atoms with van der Waals surface area (Å²) in [4.78, 5) is 23.9. The van der Waals surface area contributed by atoms with Gasteiger partial charge in [0.15, 0.2) is 12.2 Å². The third kappa shape index (κ3) is 4.04. The van der Waals surface area contributed by atoms with Crippen LogP contribution in [0.3, 0.4) is 0 Å². The lowest BCUT2D eigenvalue weighted by Crippen LogP contribution is -2.34. The van der Waals surface area contributed by atoms with Crippen molar-refractivity contribution in [1.29, 1.82) is 0 Å². The molecular formula is C16H21NO4. The lowest BCUT2D eigenvalue weighted by molar-refractivity contribution is -0.162. The Labute approximate surface area is 124 Å². The average Bonchev–Trinajstić information content (AvgIpc) is 2.95. The molecule has 0 radical (unpaired) electrons. The summed E-state index contributed by atoms with van der Waals surface area (Å²) in [5.74, 6) is -0.802. The first-order valence-electron chi connectivity index (χ1n) is 7.17. The molecule has 5 heteroatoms. The Hall–Kier alpha value is -1.88. The number of rotatable bonds is 4. The van der Waals surface area contributed by atoms with E-state index < -0.39 is 18.2 Å². The number of hydrogen-bond acceptors (Lipinski definition) is 4. The molecule has 5 nitrogen and oxygen atoms in total. The van der Waals surface area contributed by atoms with Crippen molar-refractivity contribution in [1.82, 2.24) is 0 Å². The molecule has 2 atom stereocenters. The number of aryl methyl sites for hydroxylation is 2. The van der Waals surface area contributed by atoms with Crippen LogP contribution in [0.15, 0.2) is 18.2 Å². The summed E-state index contributed by atoms with van der Waals surface area (Å²) in [6.45, 7) is 6.05. The van der Waals surface area contributed by atoms with E-state index in [2.05, 4.69) is 5.32 Å². The normalized spacial score (nSPS) is 19.1. The maximum atomic E-state index is 12.1. The van der Waals surface area contributed by atoms with Gasteiger partial charge in [-0.1, -0.05) is 17.7 Å². The monoisotopic (exact) mass is 291 g/mol. The summed E-state index contributed by atoms with van der Waals surface area (Å²) in [5.41, 5.74) is 2.83. The predicted molar refractivity (Wildman–Crippen MR) is 79.1 cm³/mol. The quantitative estimate of drug-likeness (QED) is 0.865. The van der Waals surface area contributed by atoms with E-state index in [0.717, 1.165) is 23.2 Å². The van der Waals surface area contributed by atoms with E-state index in [9.17, 15) is 9.59 Å². The molecule has 21 heavy (non-hydrogen) atoms. The summed E-state index contributed by atoms with van der Waals surface area (Å²) in [5, 5.41) is 2.78. The van der Waals surface area contributed by atoms with Crippen LogP contribution in [0.25, 0.3) is 0 Å². The van der Waals surface area contributed by atoms with E-state index in [0.29, 0.717) is 13.0 Å². The molecular weight excluding hydrogens is 270 g/mol. The zero-order chi connectivity index (χ0) is 15.4. The van der Waals surface area contributed by atoms with Crippen LogP contribution in [0.1, 0.15) is 30.9 Å². The van der Waals surface area contributed by atoms with Gasteiger partial charge in [0.05, 0.1) is 0 Å². The molecule has 0 spiro atoms. The van der Waals surface area contributed by atoms with E-state index in [1.54, 1.807) is 6.92 Å². The molecule has 1 N–H and O–H groups in total. The van der Waals surface area contributed by atoms with Gasteiger partial charge in [-0.25, -0.2) is 4.79 Å². The molecule has 1 heterocycles. The number of ether oxygens (including phenoxy) is 2. The van der Waals surface area contributed by atoms with Gasteiger partial charge in [-0.2, -0.15) is 0 Å². The third-order valence-electron chi connectivity index (χ3n) is 3.49. The standard InChI is InChI=1S/C16H21NO4/c1-10-6-7-13(11(2)9-10)17-15(18)12(3)21-16(19)14-5-4-8-20-14/h6-7,9,12,14H,4-5,8H2,1-3H3,(H,17,18)/t12-,14-/m1/s1. The summed E-state index contributed by atoms with van der Waals surface area (Å²) in [6, 6.07) is 5.75. The second-order valence-corrected chi connectivity index (χ2v) is 5.39. The van der Waals surface area contributed by atoms with Crippen molar-refractivity contribution >= 4 is 17.6 Å². The van der Waals surface area contributed by atoms with Gasteiger partial charge in [0.25, 0.3) is 5.91 Å². The van der Waals surface area contributed by atoms with Crippen LogP contribution in [0.5, 0.6) is 0 Å². The van der Waals surface area contributed by atoms with Crippen molar-refractivity contribution < 1.29 is 19.1 Å². The maximum absolute atomic E-state index is 12.1. The number of anilines is 1.